The second kappa shape index (κ2) is 11.5. The minimum atomic E-state index is -3.65. The first-order valence-electron chi connectivity index (χ1n) is 11.6. The summed E-state index contributed by atoms with van der Waals surface area (Å²) in [6, 6.07) is 11.8. The summed E-state index contributed by atoms with van der Waals surface area (Å²) in [7, 11) is -3.65. The molecule has 4 rings (SSSR count). The van der Waals surface area contributed by atoms with Crippen molar-refractivity contribution in [2.45, 2.75) is 48.8 Å². The Hall–Kier alpha value is -2.53. The van der Waals surface area contributed by atoms with Gasteiger partial charge in [-0.3, -0.25) is 14.9 Å². The number of rotatable bonds is 9. The first kappa shape index (κ1) is 27.1. The van der Waals surface area contributed by atoms with Crippen LogP contribution in [0.5, 0.6) is 5.75 Å². The number of nitro benzene ring substituents is 1. The van der Waals surface area contributed by atoms with Crippen molar-refractivity contribution in [1.29, 1.82) is 0 Å². The number of halogens is 1. The molecular formula is C24H30ClN3O6S. The second-order valence-electron chi connectivity index (χ2n) is 8.90. The van der Waals surface area contributed by atoms with E-state index in [-0.39, 0.29) is 28.7 Å². The van der Waals surface area contributed by atoms with Crippen molar-refractivity contribution < 1.29 is 22.9 Å². The van der Waals surface area contributed by atoms with Gasteiger partial charge >= 0.3 is 5.97 Å². The molecule has 1 aliphatic heterocycles. The van der Waals surface area contributed by atoms with Crippen molar-refractivity contribution in [1.82, 2.24) is 9.62 Å². The number of piperidine rings is 1. The van der Waals surface area contributed by atoms with Crippen LogP contribution in [0, 0.1) is 10.1 Å². The lowest BCUT2D eigenvalue weighted by molar-refractivity contribution is -0.384. The van der Waals surface area contributed by atoms with Gasteiger partial charge in [-0.25, -0.2) is 13.1 Å². The van der Waals surface area contributed by atoms with Gasteiger partial charge in [0.15, 0.2) is 0 Å². The van der Waals surface area contributed by atoms with Crippen molar-refractivity contribution in [2.24, 2.45) is 0 Å². The van der Waals surface area contributed by atoms with Crippen LogP contribution in [0.3, 0.4) is 0 Å². The minimum absolute atomic E-state index is 0. The highest BCUT2D eigenvalue weighted by Gasteiger charge is 2.47. The number of carbonyl (C=O) groups excluding carboxylic acids is 1. The average molecular weight is 524 g/mol. The Balaban J connectivity index is 0.00000342. The maximum Gasteiger partial charge on any atom is 0.321 e. The molecule has 9 nitrogen and oxygen atoms in total. The zero-order valence-corrected chi connectivity index (χ0v) is 21.0. The summed E-state index contributed by atoms with van der Waals surface area (Å²) < 4.78 is 33.4. The lowest BCUT2D eigenvalue weighted by atomic mass is 9.64. The van der Waals surface area contributed by atoms with E-state index in [1.54, 1.807) is 12.1 Å². The molecule has 190 valence electrons. The number of nitrogens with zero attached hydrogens (tertiary/aromatic N) is 2. The number of likely N-dealkylation sites (tertiary alicyclic amines) is 1. The van der Waals surface area contributed by atoms with Crippen LogP contribution in [0.2, 0.25) is 0 Å². The topological polar surface area (TPSA) is 119 Å². The fraction of sp³-hybridized carbons (Fsp3) is 0.458. The Morgan fingerprint density at radius 1 is 1.00 bits per heavy atom. The molecule has 2 aliphatic rings. The number of esters is 1. The van der Waals surface area contributed by atoms with E-state index in [0.717, 1.165) is 32.4 Å². The van der Waals surface area contributed by atoms with Gasteiger partial charge in [-0.2, -0.15) is 0 Å². The molecule has 2 aromatic carbocycles. The van der Waals surface area contributed by atoms with Crippen LogP contribution in [0.15, 0.2) is 53.4 Å². The summed E-state index contributed by atoms with van der Waals surface area (Å²) in [5.41, 5.74) is -0.185. The van der Waals surface area contributed by atoms with Gasteiger partial charge in [-0.05, 0) is 68.6 Å². The van der Waals surface area contributed by atoms with Gasteiger partial charge in [0.05, 0.1) is 15.2 Å². The van der Waals surface area contributed by atoms with Crippen molar-refractivity contribution in [2.75, 3.05) is 26.2 Å². The highest BCUT2D eigenvalue weighted by molar-refractivity contribution is 7.89. The molecule has 0 atom stereocenters. The van der Waals surface area contributed by atoms with Crippen LogP contribution in [0.4, 0.5) is 5.69 Å². The number of nitro groups is 1. The highest BCUT2D eigenvalue weighted by atomic mass is 35.5. The average Bonchev–Trinajstić information content (AvgIpc) is 2.80. The lowest BCUT2D eigenvalue weighted by Gasteiger charge is -2.39. The number of benzene rings is 2. The number of non-ortho nitro benzene ring substituents is 1. The maximum absolute atomic E-state index is 13.0. The monoisotopic (exact) mass is 523 g/mol. The van der Waals surface area contributed by atoms with E-state index in [1.807, 2.05) is 0 Å². The van der Waals surface area contributed by atoms with Crippen LogP contribution in [0.25, 0.3) is 0 Å². The molecule has 0 amide bonds. The molecule has 1 saturated carbocycles. The molecule has 2 fully saturated rings. The van der Waals surface area contributed by atoms with Crippen molar-refractivity contribution >= 4 is 34.1 Å². The van der Waals surface area contributed by atoms with E-state index < -0.39 is 26.3 Å². The molecule has 0 spiro atoms. The predicted octanol–water partition coefficient (Wildman–Crippen LogP) is 3.81. The van der Waals surface area contributed by atoms with Crippen molar-refractivity contribution in [3.8, 4) is 5.75 Å². The Morgan fingerprint density at radius 3 is 2.17 bits per heavy atom. The highest BCUT2D eigenvalue weighted by Crippen LogP contribution is 2.45. The molecule has 0 unspecified atom stereocenters. The maximum atomic E-state index is 13.0. The van der Waals surface area contributed by atoms with E-state index in [0.29, 0.717) is 31.5 Å². The van der Waals surface area contributed by atoms with Gasteiger partial charge < -0.3 is 9.64 Å². The number of sulfonamides is 1. The van der Waals surface area contributed by atoms with Gasteiger partial charge in [-0.1, -0.05) is 25.0 Å². The second-order valence-corrected chi connectivity index (χ2v) is 10.7. The number of hydrogen-bond acceptors (Lipinski definition) is 7. The SMILES string of the molecule is Cl.O=C(Oc1ccc(S(=O)(=O)NCCN2CCCCC2)cc1)C1(c2ccc([N+](=O)[O-])cc2)CCC1. The fourth-order valence-corrected chi connectivity index (χ4v) is 5.56. The Morgan fingerprint density at radius 2 is 1.63 bits per heavy atom. The number of nitrogens with one attached hydrogen (secondary N) is 1. The Kier molecular flexibility index (Phi) is 8.87. The van der Waals surface area contributed by atoms with E-state index in [1.165, 1.54) is 42.8 Å². The predicted molar refractivity (Wildman–Crippen MR) is 133 cm³/mol. The van der Waals surface area contributed by atoms with Gasteiger partial charge in [0.1, 0.15) is 5.75 Å². The first-order valence-corrected chi connectivity index (χ1v) is 13.1. The Labute approximate surface area is 211 Å². The third-order valence-electron chi connectivity index (χ3n) is 6.74. The molecule has 2 aromatic rings. The largest absolute Gasteiger partial charge is 0.426 e. The van der Waals surface area contributed by atoms with Gasteiger partial charge in [0, 0.05) is 25.2 Å². The number of hydrogen-bond donors (Lipinski definition) is 1. The quantitative estimate of drug-likeness (QED) is 0.230. The Bertz CT molecular complexity index is 1130. The standard InChI is InChI=1S/C24H29N3O6S.ClH/c28-23(24(13-4-14-24)19-5-7-20(8-6-19)27(29)30)33-21-9-11-22(12-10-21)34(31,32)25-15-18-26-16-2-1-3-17-26;/h5-12,25H,1-4,13-18H2;1H. The molecular weight excluding hydrogens is 494 g/mol. The van der Waals surface area contributed by atoms with E-state index in [4.69, 9.17) is 4.74 Å². The summed E-state index contributed by atoms with van der Waals surface area (Å²) in [6.45, 7) is 3.03. The first-order chi connectivity index (χ1) is 16.3. The molecule has 1 N–H and O–H groups in total. The number of carbonyl (C=O) groups is 1. The van der Waals surface area contributed by atoms with Gasteiger partial charge in [0.2, 0.25) is 10.0 Å². The van der Waals surface area contributed by atoms with Crippen molar-refractivity contribution in [3.05, 3.63) is 64.2 Å². The van der Waals surface area contributed by atoms with E-state index in [2.05, 4.69) is 9.62 Å². The summed E-state index contributed by atoms with van der Waals surface area (Å²) in [5.74, 6) is -0.187. The van der Waals surface area contributed by atoms with E-state index >= 15 is 0 Å². The molecule has 35 heavy (non-hydrogen) atoms. The van der Waals surface area contributed by atoms with Crippen LogP contribution < -0.4 is 9.46 Å². The summed E-state index contributed by atoms with van der Waals surface area (Å²) in [5, 5.41) is 10.9. The number of ether oxygens (including phenoxy) is 1. The zero-order valence-electron chi connectivity index (χ0n) is 19.4. The van der Waals surface area contributed by atoms with Gasteiger partial charge in [-0.15, -0.1) is 12.4 Å². The molecule has 0 aromatic heterocycles. The van der Waals surface area contributed by atoms with Crippen LogP contribution >= 0.6 is 12.4 Å². The third kappa shape index (κ3) is 6.19. The molecule has 1 aliphatic carbocycles. The van der Waals surface area contributed by atoms with Crippen LogP contribution in [-0.2, 0) is 20.2 Å². The smallest absolute Gasteiger partial charge is 0.321 e. The summed E-state index contributed by atoms with van der Waals surface area (Å²) in [4.78, 5) is 25.8. The van der Waals surface area contributed by atoms with E-state index in [9.17, 15) is 23.3 Å². The summed E-state index contributed by atoms with van der Waals surface area (Å²) in [6.07, 6.45) is 5.57. The molecule has 0 radical (unpaired) electrons. The molecule has 1 heterocycles. The normalized spacial score (nSPS) is 17.6. The third-order valence-corrected chi connectivity index (χ3v) is 8.22. The van der Waals surface area contributed by atoms with Crippen LogP contribution in [0.1, 0.15) is 44.1 Å². The van der Waals surface area contributed by atoms with Crippen LogP contribution in [-0.4, -0.2) is 50.4 Å². The molecule has 0 bridgehead atoms. The fourth-order valence-electron chi connectivity index (χ4n) is 4.54. The van der Waals surface area contributed by atoms with Gasteiger partial charge in [0.25, 0.3) is 5.69 Å². The molecule has 1 saturated heterocycles. The lowest BCUT2D eigenvalue weighted by Crippen LogP contribution is -2.45. The summed E-state index contributed by atoms with van der Waals surface area (Å²) >= 11 is 0. The zero-order chi connectivity index (χ0) is 24.2. The minimum Gasteiger partial charge on any atom is -0.426 e. The van der Waals surface area contributed by atoms with Crippen molar-refractivity contribution in [3.63, 3.8) is 0 Å². The molecule has 11 heteroatoms.